The molecule has 0 amide bonds. The first-order valence-corrected chi connectivity index (χ1v) is 16.9. The molecule has 1 aliphatic carbocycles. The molecule has 0 saturated carbocycles. The zero-order valence-corrected chi connectivity index (χ0v) is 28.2. The van der Waals surface area contributed by atoms with E-state index in [1.807, 2.05) is 0 Å². The molecular weight excluding hydrogens is 581 g/mol. The quantitative estimate of drug-likeness (QED) is 0.190. The summed E-state index contributed by atoms with van der Waals surface area (Å²) in [6, 6.07) is 51.9. The summed E-state index contributed by atoms with van der Waals surface area (Å²) in [7, 11) is 0. The summed E-state index contributed by atoms with van der Waals surface area (Å²) in [5, 5.41) is 5.19. The molecule has 1 heterocycles. The Morgan fingerprint density at radius 1 is 0.458 bits per heavy atom. The molecule has 1 aromatic heterocycles. The summed E-state index contributed by atoms with van der Waals surface area (Å²) in [5.41, 5.74) is 16.2. The Hall–Kier alpha value is -5.60. The van der Waals surface area contributed by atoms with Gasteiger partial charge in [-0.25, -0.2) is 0 Å². The lowest BCUT2D eigenvalue weighted by atomic mass is 9.81. The van der Waals surface area contributed by atoms with Crippen LogP contribution in [0, 0.1) is 20.8 Å². The second-order valence-electron chi connectivity index (χ2n) is 14.1. The predicted molar refractivity (Wildman–Crippen MR) is 205 cm³/mol. The predicted octanol–water partition coefficient (Wildman–Crippen LogP) is 12.6. The average molecular weight is 619 g/mol. The Balaban J connectivity index is 1.30. The van der Waals surface area contributed by atoms with Crippen molar-refractivity contribution in [3.63, 3.8) is 0 Å². The highest BCUT2D eigenvalue weighted by molar-refractivity contribution is 6.13. The molecular formula is C46H38N2. The molecule has 0 aliphatic heterocycles. The molecule has 2 nitrogen and oxygen atoms in total. The van der Waals surface area contributed by atoms with Crippen molar-refractivity contribution in [1.29, 1.82) is 0 Å². The van der Waals surface area contributed by atoms with Crippen molar-refractivity contribution in [2.75, 3.05) is 4.90 Å². The fourth-order valence-electron chi connectivity index (χ4n) is 8.18. The van der Waals surface area contributed by atoms with Crippen LogP contribution in [-0.4, -0.2) is 4.57 Å². The van der Waals surface area contributed by atoms with Gasteiger partial charge >= 0.3 is 0 Å². The highest BCUT2D eigenvalue weighted by Gasteiger charge is 2.38. The topological polar surface area (TPSA) is 8.17 Å². The van der Waals surface area contributed by atoms with Crippen molar-refractivity contribution in [2.45, 2.75) is 40.0 Å². The van der Waals surface area contributed by atoms with E-state index in [0.717, 1.165) is 5.69 Å². The van der Waals surface area contributed by atoms with Gasteiger partial charge in [0, 0.05) is 38.6 Å². The molecule has 1 aliphatic rings. The first-order valence-electron chi connectivity index (χ1n) is 16.9. The molecule has 9 rings (SSSR count). The van der Waals surface area contributed by atoms with Gasteiger partial charge in [0.25, 0.3) is 0 Å². The Bertz CT molecular complexity index is 2510. The van der Waals surface area contributed by atoms with E-state index in [1.54, 1.807) is 0 Å². The first-order chi connectivity index (χ1) is 23.3. The molecule has 232 valence electrons. The largest absolute Gasteiger partial charge is 0.310 e. The number of anilines is 3. The lowest BCUT2D eigenvalue weighted by Gasteiger charge is -2.28. The number of hydrogen-bond acceptors (Lipinski definition) is 1. The summed E-state index contributed by atoms with van der Waals surface area (Å²) in [6.07, 6.45) is 0. The van der Waals surface area contributed by atoms with Gasteiger partial charge in [-0.05, 0) is 121 Å². The molecule has 48 heavy (non-hydrogen) atoms. The summed E-state index contributed by atoms with van der Waals surface area (Å²) in [5.74, 6) is 0. The van der Waals surface area contributed by atoms with Gasteiger partial charge in [-0.15, -0.1) is 0 Å². The van der Waals surface area contributed by atoms with Gasteiger partial charge in [0.1, 0.15) is 0 Å². The SMILES string of the molecule is Cc1cccc(N(c2ccccc2)c2ccc3c(c2)C(C)(C)c2cc(-n4c5ccc(C)cc5c5cc(C)ccc54)c4ccccc4c2-3)c1. The summed E-state index contributed by atoms with van der Waals surface area (Å²) in [4.78, 5) is 2.39. The van der Waals surface area contributed by atoms with Crippen molar-refractivity contribution in [3.05, 3.63) is 167 Å². The molecule has 0 atom stereocenters. The lowest BCUT2D eigenvalue weighted by molar-refractivity contribution is 0.660. The minimum Gasteiger partial charge on any atom is -0.310 e. The Labute approximate surface area is 282 Å². The van der Waals surface area contributed by atoms with Gasteiger partial charge < -0.3 is 9.47 Å². The van der Waals surface area contributed by atoms with Crippen LogP contribution >= 0.6 is 0 Å². The van der Waals surface area contributed by atoms with Gasteiger partial charge in [0.2, 0.25) is 0 Å². The molecule has 0 fully saturated rings. The van der Waals surface area contributed by atoms with Crippen molar-refractivity contribution in [2.24, 2.45) is 0 Å². The zero-order valence-electron chi connectivity index (χ0n) is 28.2. The first kappa shape index (κ1) is 28.6. The van der Waals surface area contributed by atoms with Crippen LogP contribution < -0.4 is 4.90 Å². The molecule has 0 radical (unpaired) electrons. The highest BCUT2D eigenvalue weighted by atomic mass is 15.1. The maximum atomic E-state index is 2.51. The highest BCUT2D eigenvalue weighted by Crippen LogP contribution is 2.54. The fourth-order valence-corrected chi connectivity index (χ4v) is 8.18. The Kier molecular flexibility index (Phi) is 6.23. The van der Waals surface area contributed by atoms with Crippen LogP contribution in [0.15, 0.2) is 140 Å². The standard InChI is InChI=1S/C46H38N2/c1-29-12-11-15-33(24-29)47(32-13-7-6-8-14-32)34-20-21-37-40(27-34)46(4,5)41-28-44(35-16-9-10-17-36(35)45(37)41)48-42-22-18-30(2)25-38(42)39-26-31(3)19-23-43(39)48/h6-28H,1-5H3. The molecule has 0 spiro atoms. The number of aromatic nitrogens is 1. The van der Waals surface area contributed by atoms with Gasteiger partial charge in [0.15, 0.2) is 0 Å². The monoisotopic (exact) mass is 618 g/mol. The van der Waals surface area contributed by atoms with E-state index in [9.17, 15) is 0 Å². The third-order valence-corrected chi connectivity index (χ3v) is 10.5. The van der Waals surface area contributed by atoms with Crippen LogP contribution in [0.25, 0.3) is 49.4 Å². The number of para-hydroxylation sites is 1. The van der Waals surface area contributed by atoms with Crippen molar-refractivity contribution in [3.8, 4) is 16.8 Å². The summed E-state index contributed by atoms with van der Waals surface area (Å²) < 4.78 is 2.51. The smallest absolute Gasteiger partial charge is 0.0544 e. The molecule has 2 heteroatoms. The lowest BCUT2D eigenvalue weighted by Crippen LogP contribution is -2.17. The van der Waals surface area contributed by atoms with Crippen LogP contribution in [0.5, 0.6) is 0 Å². The van der Waals surface area contributed by atoms with Gasteiger partial charge in [0.05, 0.1) is 16.7 Å². The van der Waals surface area contributed by atoms with Crippen LogP contribution in [0.2, 0.25) is 0 Å². The fraction of sp³-hybridized carbons (Fsp3) is 0.130. The number of fused-ring (bicyclic) bond motifs is 8. The number of hydrogen-bond donors (Lipinski definition) is 0. The third-order valence-electron chi connectivity index (χ3n) is 10.5. The van der Waals surface area contributed by atoms with Gasteiger partial charge in [-0.3, -0.25) is 0 Å². The van der Waals surface area contributed by atoms with Crippen molar-refractivity contribution >= 4 is 49.6 Å². The van der Waals surface area contributed by atoms with Crippen molar-refractivity contribution < 1.29 is 0 Å². The zero-order chi connectivity index (χ0) is 32.7. The van der Waals surface area contributed by atoms with E-state index in [2.05, 4.69) is 184 Å². The normalized spacial score (nSPS) is 13.3. The molecule has 0 saturated heterocycles. The maximum absolute atomic E-state index is 2.51. The van der Waals surface area contributed by atoms with Crippen LogP contribution in [0.3, 0.4) is 0 Å². The molecule has 0 bridgehead atoms. The second-order valence-corrected chi connectivity index (χ2v) is 14.1. The summed E-state index contributed by atoms with van der Waals surface area (Å²) >= 11 is 0. The van der Waals surface area contributed by atoms with Crippen LogP contribution in [0.4, 0.5) is 17.1 Å². The van der Waals surface area contributed by atoms with Crippen LogP contribution in [0.1, 0.15) is 41.7 Å². The number of aryl methyl sites for hydroxylation is 3. The number of rotatable bonds is 4. The number of nitrogens with zero attached hydrogens (tertiary/aromatic N) is 2. The van der Waals surface area contributed by atoms with E-state index >= 15 is 0 Å². The van der Waals surface area contributed by atoms with E-state index in [4.69, 9.17) is 0 Å². The molecule has 7 aromatic carbocycles. The number of benzene rings is 7. The molecule has 0 N–H and O–H groups in total. The minimum absolute atomic E-state index is 0.208. The van der Waals surface area contributed by atoms with E-state index in [-0.39, 0.29) is 5.41 Å². The average Bonchev–Trinajstić information content (AvgIpc) is 3.52. The Morgan fingerprint density at radius 3 is 1.75 bits per heavy atom. The van der Waals surface area contributed by atoms with E-state index < -0.39 is 0 Å². The van der Waals surface area contributed by atoms with Crippen molar-refractivity contribution in [1.82, 2.24) is 4.57 Å². The maximum Gasteiger partial charge on any atom is 0.0544 e. The third kappa shape index (κ3) is 4.19. The van der Waals surface area contributed by atoms with E-state index in [0.29, 0.717) is 0 Å². The minimum atomic E-state index is -0.208. The van der Waals surface area contributed by atoms with Crippen LogP contribution in [-0.2, 0) is 5.41 Å². The summed E-state index contributed by atoms with van der Waals surface area (Å²) in [6.45, 7) is 11.3. The molecule has 0 unspecified atom stereocenters. The Morgan fingerprint density at radius 2 is 1.06 bits per heavy atom. The van der Waals surface area contributed by atoms with Gasteiger partial charge in [-0.2, -0.15) is 0 Å². The van der Waals surface area contributed by atoms with Gasteiger partial charge in [-0.1, -0.05) is 97.8 Å². The van der Waals surface area contributed by atoms with E-state index in [1.165, 1.54) is 88.6 Å². The molecule has 8 aromatic rings. The second kappa shape index (κ2) is 10.5.